The fourth-order valence-corrected chi connectivity index (χ4v) is 1.27. The van der Waals surface area contributed by atoms with E-state index in [1.807, 2.05) is 0 Å². The van der Waals surface area contributed by atoms with Gasteiger partial charge in [0.1, 0.15) is 0 Å². The third kappa shape index (κ3) is 7.82. The molecule has 0 spiro atoms. The Morgan fingerprint density at radius 2 is 1.82 bits per heavy atom. The molecule has 0 fully saturated rings. The van der Waals surface area contributed by atoms with Gasteiger partial charge in [0.05, 0.1) is 0 Å². The van der Waals surface area contributed by atoms with Crippen molar-refractivity contribution in [2.75, 3.05) is 6.54 Å². The van der Waals surface area contributed by atoms with Crippen molar-refractivity contribution in [3.8, 4) is 0 Å². The Morgan fingerprint density at radius 1 is 1.18 bits per heavy atom. The summed E-state index contributed by atoms with van der Waals surface area (Å²) in [6, 6.07) is 0.390. The summed E-state index contributed by atoms with van der Waals surface area (Å²) in [7, 11) is 0. The molecule has 0 aliphatic rings. The molecule has 0 bridgehead atoms. The Labute approximate surface area is 70.3 Å². The summed E-state index contributed by atoms with van der Waals surface area (Å²) in [5.41, 5.74) is 11.2. The van der Waals surface area contributed by atoms with Gasteiger partial charge in [0.2, 0.25) is 0 Å². The van der Waals surface area contributed by atoms with Crippen molar-refractivity contribution in [1.82, 2.24) is 0 Å². The van der Waals surface area contributed by atoms with E-state index in [9.17, 15) is 0 Å². The molecule has 0 aliphatic carbocycles. The molecular weight excluding hydrogens is 136 g/mol. The second-order valence-corrected chi connectivity index (χ2v) is 3.67. The van der Waals surface area contributed by atoms with Gasteiger partial charge in [-0.2, -0.15) is 0 Å². The van der Waals surface area contributed by atoms with Crippen LogP contribution in [0.25, 0.3) is 0 Å². The maximum absolute atomic E-state index is 5.87. The molecule has 0 aliphatic heterocycles. The van der Waals surface area contributed by atoms with Crippen molar-refractivity contribution >= 4 is 0 Å². The summed E-state index contributed by atoms with van der Waals surface area (Å²) in [5.74, 6) is 0.725. The first-order valence-corrected chi connectivity index (χ1v) is 4.62. The van der Waals surface area contributed by atoms with Crippen LogP contribution in [0.5, 0.6) is 0 Å². The smallest absolute Gasteiger partial charge is 0.00412 e. The molecule has 11 heavy (non-hydrogen) atoms. The van der Waals surface area contributed by atoms with Crippen molar-refractivity contribution in [1.29, 1.82) is 0 Å². The Bertz CT molecular complexity index is 81.6. The number of nitrogens with two attached hydrogens (primary N) is 2. The highest BCUT2D eigenvalue weighted by Gasteiger charge is 2.03. The van der Waals surface area contributed by atoms with Gasteiger partial charge in [-0.15, -0.1) is 0 Å². The van der Waals surface area contributed by atoms with Crippen LogP contribution in [-0.2, 0) is 0 Å². The van der Waals surface area contributed by atoms with Crippen LogP contribution < -0.4 is 11.5 Å². The minimum absolute atomic E-state index is 0.390. The van der Waals surface area contributed by atoms with E-state index in [4.69, 9.17) is 11.5 Å². The normalized spacial score (nSPS) is 13.9. The minimum atomic E-state index is 0.390. The largest absolute Gasteiger partial charge is 0.330 e. The van der Waals surface area contributed by atoms with Crippen LogP contribution in [0.4, 0.5) is 0 Å². The molecule has 2 heteroatoms. The average Bonchev–Trinajstić information content (AvgIpc) is 1.86. The molecule has 0 rings (SSSR count). The van der Waals surface area contributed by atoms with Crippen LogP contribution in [-0.4, -0.2) is 12.6 Å². The Hall–Kier alpha value is -0.0800. The van der Waals surface area contributed by atoms with Crippen molar-refractivity contribution in [2.45, 2.75) is 45.6 Å². The van der Waals surface area contributed by atoms with Crippen LogP contribution in [0.2, 0.25) is 0 Å². The van der Waals surface area contributed by atoms with E-state index in [-0.39, 0.29) is 0 Å². The van der Waals surface area contributed by atoms with Crippen LogP contribution in [0, 0.1) is 5.92 Å². The first-order chi connectivity index (χ1) is 5.16. The molecule has 2 nitrogen and oxygen atoms in total. The van der Waals surface area contributed by atoms with Gasteiger partial charge in [0, 0.05) is 6.04 Å². The van der Waals surface area contributed by atoms with E-state index < -0.39 is 0 Å². The van der Waals surface area contributed by atoms with E-state index in [2.05, 4.69) is 13.8 Å². The van der Waals surface area contributed by atoms with Crippen LogP contribution in [0.3, 0.4) is 0 Å². The predicted molar refractivity (Wildman–Crippen MR) is 50.3 cm³/mol. The van der Waals surface area contributed by atoms with Gasteiger partial charge in [-0.05, 0) is 31.7 Å². The lowest BCUT2D eigenvalue weighted by atomic mass is 10.00. The highest BCUT2D eigenvalue weighted by atomic mass is 14.6. The molecule has 0 radical (unpaired) electrons. The van der Waals surface area contributed by atoms with E-state index >= 15 is 0 Å². The van der Waals surface area contributed by atoms with Crippen molar-refractivity contribution < 1.29 is 0 Å². The zero-order valence-electron chi connectivity index (χ0n) is 7.84. The summed E-state index contributed by atoms with van der Waals surface area (Å²) >= 11 is 0. The Balaban J connectivity index is 3.15. The lowest BCUT2D eigenvalue weighted by molar-refractivity contribution is 0.459. The SMILES string of the molecule is CC(C)CC(N)CCCCN. The third-order valence-electron chi connectivity index (χ3n) is 1.80. The molecule has 0 aromatic heterocycles. The van der Waals surface area contributed by atoms with Crippen molar-refractivity contribution in [3.05, 3.63) is 0 Å². The van der Waals surface area contributed by atoms with E-state index in [0.717, 1.165) is 31.7 Å². The molecule has 1 atom stereocenters. The topological polar surface area (TPSA) is 52.0 Å². The summed E-state index contributed by atoms with van der Waals surface area (Å²) < 4.78 is 0. The summed E-state index contributed by atoms with van der Waals surface area (Å²) in [6.45, 7) is 5.22. The summed E-state index contributed by atoms with van der Waals surface area (Å²) in [5, 5.41) is 0. The quantitative estimate of drug-likeness (QED) is 0.575. The summed E-state index contributed by atoms with van der Waals surface area (Å²) in [6.07, 6.45) is 4.58. The maximum atomic E-state index is 5.87. The van der Waals surface area contributed by atoms with Gasteiger partial charge < -0.3 is 11.5 Å². The number of unbranched alkanes of at least 4 members (excludes halogenated alkanes) is 1. The fraction of sp³-hybridized carbons (Fsp3) is 1.00. The van der Waals surface area contributed by atoms with Gasteiger partial charge >= 0.3 is 0 Å². The number of hydrogen-bond acceptors (Lipinski definition) is 2. The van der Waals surface area contributed by atoms with Gasteiger partial charge in [0.25, 0.3) is 0 Å². The molecule has 1 unspecified atom stereocenters. The lowest BCUT2D eigenvalue weighted by Crippen LogP contribution is -2.22. The number of rotatable bonds is 6. The highest BCUT2D eigenvalue weighted by Crippen LogP contribution is 2.08. The van der Waals surface area contributed by atoms with Crippen molar-refractivity contribution in [3.63, 3.8) is 0 Å². The maximum Gasteiger partial charge on any atom is 0.00412 e. The predicted octanol–water partition coefficient (Wildman–Crippen LogP) is 1.49. The Morgan fingerprint density at radius 3 is 2.27 bits per heavy atom. The fourth-order valence-electron chi connectivity index (χ4n) is 1.27. The molecule has 0 aromatic rings. The van der Waals surface area contributed by atoms with Crippen LogP contribution in [0.1, 0.15) is 39.5 Å². The number of hydrogen-bond donors (Lipinski definition) is 2. The Kier molecular flexibility index (Phi) is 6.57. The molecule has 0 amide bonds. The van der Waals surface area contributed by atoms with Crippen LogP contribution >= 0.6 is 0 Å². The van der Waals surface area contributed by atoms with Crippen LogP contribution in [0.15, 0.2) is 0 Å². The monoisotopic (exact) mass is 158 g/mol. The second kappa shape index (κ2) is 6.62. The molecule has 0 aromatic carbocycles. The molecule has 0 saturated carbocycles. The van der Waals surface area contributed by atoms with Gasteiger partial charge in [-0.3, -0.25) is 0 Å². The molecule has 0 heterocycles. The van der Waals surface area contributed by atoms with Crippen molar-refractivity contribution in [2.24, 2.45) is 17.4 Å². The van der Waals surface area contributed by atoms with E-state index in [1.54, 1.807) is 0 Å². The molecule has 4 N–H and O–H groups in total. The minimum Gasteiger partial charge on any atom is -0.330 e. The molecular formula is C9H22N2. The second-order valence-electron chi connectivity index (χ2n) is 3.67. The first kappa shape index (κ1) is 10.9. The van der Waals surface area contributed by atoms with Gasteiger partial charge in [-0.25, -0.2) is 0 Å². The summed E-state index contributed by atoms with van der Waals surface area (Å²) in [4.78, 5) is 0. The van der Waals surface area contributed by atoms with E-state index in [1.165, 1.54) is 6.42 Å². The zero-order valence-corrected chi connectivity index (χ0v) is 7.84. The van der Waals surface area contributed by atoms with Gasteiger partial charge in [-0.1, -0.05) is 20.3 Å². The third-order valence-corrected chi connectivity index (χ3v) is 1.80. The van der Waals surface area contributed by atoms with Gasteiger partial charge in [0.15, 0.2) is 0 Å². The zero-order chi connectivity index (χ0) is 8.69. The van der Waals surface area contributed by atoms with E-state index in [0.29, 0.717) is 6.04 Å². The lowest BCUT2D eigenvalue weighted by Gasteiger charge is -2.12. The molecule has 0 saturated heterocycles. The first-order valence-electron chi connectivity index (χ1n) is 4.62. The highest BCUT2D eigenvalue weighted by molar-refractivity contribution is 4.63. The average molecular weight is 158 g/mol. The molecule has 68 valence electrons. The standard InChI is InChI=1S/C9H22N2/c1-8(2)7-9(11)5-3-4-6-10/h8-9H,3-7,10-11H2,1-2H3.